The number of hydrogen-bond donors (Lipinski definition) is 2. The Balaban J connectivity index is 1.84. The van der Waals surface area contributed by atoms with Crippen molar-refractivity contribution in [3.63, 3.8) is 0 Å². The summed E-state index contributed by atoms with van der Waals surface area (Å²) in [7, 11) is 0. The molecule has 19 heavy (non-hydrogen) atoms. The summed E-state index contributed by atoms with van der Waals surface area (Å²) in [6.45, 7) is 2.90. The number of aliphatic carboxylic acids is 1. The average molecular weight is 263 g/mol. The fourth-order valence-electron chi connectivity index (χ4n) is 1.99. The van der Waals surface area contributed by atoms with Gasteiger partial charge in [-0.05, 0) is 31.0 Å². The van der Waals surface area contributed by atoms with E-state index < -0.39 is 11.9 Å². The Morgan fingerprint density at radius 3 is 2.84 bits per heavy atom. The number of benzene rings is 1. The zero-order valence-corrected chi connectivity index (χ0v) is 10.8. The van der Waals surface area contributed by atoms with E-state index in [-0.39, 0.29) is 11.8 Å². The smallest absolute Gasteiger partial charge is 0.307 e. The van der Waals surface area contributed by atoms with E-state index in [0.29, 0.717) is 19.6 Å². The van der Waals surface area contributed by atoms with Gasteiger partial charge in [0.15, 0.2) is 0 Å². The molecule has 0 unspecified atom stereocenters. The maximum atomic E-state index is 11.7. The molecule has 0 radical (unpaired) electrons. The van der Waals surface area contributed by atoms with Crippen LogP contribution >= 0.6 is 0 Å². The predicted octanol–water partition coefficient (Wildman–Crippen LogP) is 1.42. The van der Waals surface area contributed by atoms with E-state index in [1.54, 1.807) is 0 Å². The largest absolute Gasteiger partial charge is 0.494 e. The Labute approximate surface area is 111 Å². The Kier molecular flexibility index (Phi) is 4.04. The van der Waals surface area contributed by atoms with E-state index in [4.69, 9.17) is 9.84 Å². The van der Waals surface area contributed by atoms with Gasteiger partial charge in [0.2, 0.25) is 5.91 Å². The van der Waals surface area contributed by atoms with Crippen LogP contribution in [0.3, 0.4) is 0 Å². The van der Waals surface area contributed by atoms with Gasteiger partial charge in [0.25, 0.3) is 0 Å². The zero-order chi connectivity index (χ0) is 13.8. The summed E-state index contributed by atoms with van der Waals surface area (Å²) < 4.78 is 5.37. The maximum absolute atomic E-state index is 11.7. The highest BCUT2D eigenvalue weighted by molar-refractivity contribution is 5.89. The second-order valence-corrected chi connectivity index (χ2v) is 4.59. The quantitative estimate of drug-likeness (QED) is 0.814. The number of carbonyl (C=O) groups is 2. The molecule has 1 aliphatic rings. The van der Waals surface area contributed by atoms with E-state index in [1.165, 1.54) is 0 Å². The van der Waals surface area contributed by atoms with E-state index >= 15 is 0 Å². The summed E-state index contributed by atoms with van der Waals surface area (Å²) in [5, 5.41) is 11.5. The second-order valence-electron chi connectivity index (χ2n) is 4.59. The number of carboxylic acids is 1. The molecule has 2 N–H and O–H groups in total. The van der Waals surface area contributed by atoms with Crippen LogP contribution in [-0.2, 0) is 16.1 Å². The first-order valence-electron chi connectivity index (χ1n) is 6.34. The number of hydrogen-bond acceptors (Lipinski definition) is 3. The van der Waals surface area contributed by atoms with Crippen LogP contribution in [0.4, 0.5) is 0 Å². The minimum Gasteiger partial charge on any atom is -0.494 e. The molecule has 2 atom stereocenters. The molecule has 1 aliphatic carbocycles. The number of ether oxygens (including phenoxy) is 1. The van der Waals surface area contributed by atoms with Crippen LogP contribution in [0.1, 0.15) is 18.9 Å². The highest BCUT2D eigenvalue weighted by Gasteiger charge is 2.48. The molecule has 102 valence electrons. The van der Waals surface area contributed by atoms with Crippen LogP contribution in [0.2, 0.25) is 0 Å². The summed E-state index contributed by atoms with van der Waals surface area (Å²) in [6.07, 6.45) is 0.445. The van der Waals surface area contributed by atoms with E-state index in [1.807, 2.05) is 31.2 Å². The van der Waals surface area contributed by atoms with Crippen LogP contribution in [0.5, 0.6) is 5.75 Å². The molecule has 0 bridgehead atoms. The third-order valence-electron chi connectivity index (χ3n) is 3.12. The van der Waals surface area contributed by atoms with Gasteiger partial charge in [-0.1, -0.05) is 12.1 Å². The summed E-state index contributed by atoms with van der Waals surface area (Å²) in [6, 6.07) is 7.48. The second kappa shape index (κ2) is 5.73. The molecule has 5 nitrogen and oxygen atoms in total. The van der Waals surface area contributed by atoms with E-state index in [2.05, 4.69) is 5.32 Å². The van der Waals surface area contributed by atoms with Gasteiger partial charge in [-0.15, -0.1) is 0 Å². The maximum Gasteiger partial charge on any atom is 0.307 e. The van der Waals surface area contributed by atoms with E-state index in [0.717, 1.165) is 11.3 Å². The van der Waals surface area contributed by atoms with Gasteiger partial charge in [-0.2, -0.15) is 0 Å². The van der Waals surface area contributed by atoms with Crippen molar-refractivity contribution in [2.45, 2.75) is 19.9 Å². The molecular weight excluding hydrogens is 246 g/mol. The lowest BCUT2D eigenvalue weighted by Crippen LogP contribution is -2.25. The van der Waals surface area contributed by atoms with Crippen molar-refractivity contribution in [1.82, 2.24) is 5.32 Å². The molecule has 0 heterocycles. The van der Waals surface area contributed by atoms with Crippen molar-refractivity contribution < 1.29 is 19.4 Å². The molecule has 1 fully saturated rings. The molecule has 0 saturated heterocycles. The SMILES string of the molecule is CCOc1cccc(CNC(=O)[C@@H]2C[C@@H]2C(=O)O)c1. The summed E-state index contributed by atoms with van der Waals surface area (Å²) >= 11 is 0. The highest BCUT2D eigenvalue weighted by atomic mass is 16.5. The van der Waals surface area contributed by atoms with Gasteiger partial charge in [-0.3, -0.25) is 9.59 Å². The molecule has 0 spiro atoms. The minimum absolute atomic E-state index is 0.186. The normalized spacial score (nSPS) is 20.7. The van der Waals surface area contributed by atoms with Crippen LogP contribution in [-0.4, -0.2) is 23.6 Å². The average Bonchev–Trinajstić information content (AvgIpc) is 3.17. The van der Waals surface area contributed by atoms with Gasteiger partial charge >= 0.3 is 5.97 Å². The van der Waals surface area contributed by atoms with Crippen molar-refractivity contribution in [2.75, 3.05) is 6.61 Å². The molecule has 0 aromatic heterocycles. The van der Waals surface area contributed by atoms with Crippen LogP contribution in [0.25, 0.3) is 0 Å². The summed E-state index contributed by atoms with van der Waals surface area (Å²) in [4.78, 5) is 22.4. The lowest BCUT2D eigenvalue weighted by molar-refractivity contribution is -0.140. The van der Waals surface area contributed by atoms with Gasteiger partial charge in [0.05, 0.1) is 18.4 Å². The number of nitrogens with one attached hydrogen (secondary N) is 1. The molecule has 1 amide bonds. The number of amides is 1. The van der Waals surface area contributed by atoms with Crippen molar-refractivity contribution in [1.29, 1.82) is 0 Å². The molecule has 5 heteroatoms. The number of carbonyl (C=O) groups excluding carboxylic acids is 1. The Hall–Kier alpha value is -2.04. The number of rotatable bonds is 6. The lowest BCUT2D eigenvalue weighted by Gasteiger charge is -2.07. The highest BCUT2D eigenvalue weighted by Crippen LogP contribution is 2.38. The molecular formula is C14H17NO4. The summed E-state index contributed by atoms with van der Waals surface area (Å²) in [5.74, 6) is -1.18. The standard InChI is InChI=1S/C14H17NO4/c1-2-19-10-5-3-4-9(6-10)8-15-13(16)11-7-12(11)14(17)18/h3-6,11-12H,2,7-8H2,1H3,(H,15,16)(H,17,18)/t11-,12+/m1/s1. The molecule has 1 saturated carbocycles. The van der Waals surface area contributed by atoms with Crippen molar-refractivity contribution in [3.8, 4) is 5.75 Å². The van der Waals surface area contributed by atoms with Crippen LogP contribution < -0.4 is 10.1 Å². The van der Waals surface area contributed by atoms with E-state index in [9.17, 15) is 9.59 Å². The van der Waals surface area contributed by atoms with Crippen LogP contribution in [0.15, 0.2) is 24.3 Å². The van der Waals surface area contributed by atoms with Crippen molar-refractivity contribution >= 4 is 11.9 Å². The third-order valence-corrected chi connectivity index (χ3v) is 3.12. The molecule has 2 rings (SSSR count). The first kappa shape index (κ1) is 13.4. The van der Waals surface area contributed by atoms with Crippen molar-refractivity contribution in [2.24, 2.45) is 11.8 Å². The lowest BCUT2D eigenvalue weighted by atomic mass is 10.2. The first-order valence-corrected chi connectivity index (χ1v) is 6.34. The van der Waals surface area contributed by atoms with Crippen LogP contribution in [0, 0.1) is 11.8 Å². The molecule has 1 aromatic carbocycles. The Morgan fingerprint density at radius 2 is 2.21 bits per heavy atom. The topological polar surface area (TPSA) is 75.6 Å². The Bertz CT molecular complexity index is 486. The fraction of sp³-hybridized carbons (Fsp3) is 0.429. The van der Waals surface area contributed by atoms with Gasteiger partial charge in [-0.25, -0.2) is 0 Å². The minimum atomic E-state index is -0.890. The predicted molar refractivity (Wildman–Crippen MR) is 68.7 cm³/mol. The van der Waals surface area contributed by atoms with Gasteiger partial charge in [0, 0.05) is 6.54 Å². The molecule has 0 aliphatic heterocycles. The summed E-state index contributed by atoms with van der Waals surface area (Å²) in [5.41, 5.74) is 0.937. The fourth-order valence-corrected chi connectivity index (χ4v) is 1.99. The number of carboxylic acid groups (broad SMARTS) is 1. The van der Waals surface area contributed by atoms with Gasteiger partial charge < -0.3 is 15.2 Å². The first-order chi connectivity index (χ1) is 9.11. The van der Waals surface area contributed by atoms with Gasteiger partial charge in [0.1, 0.15) is 5.75 Å². The third kappa shape index (κ3) is 3.47. The monoisotopic (exact) mass is 263 g/mol. The van der Waals surface area contributed by atoms with Crippen molar-refractivity contribution in [3.05, 3.63) is 29.8 Å². The molecule has 1 aromatic rings. The Morgan fingerprint density at radius 1 is 1.42 bits per heavy atom. The zero-order valence-electron chi connectivity index (χ0n) is 10.8.